The van der Waals surface area contributed by atoms with Gasteiger partial charge in [-0.2, -0.15) is 0 Å². The third kappa shape index (κ3) is 6.02. The molecule has 9 nitrogen and oxygen atoms in total. The maximum atomic E-state index is 13.6. The summed E-state index contributed by atoms with van der Waals surface area (Å²) in [6.07, 6.45) is 2.24. The first kappa shape index (κ1) is 29.5. The Hall–Kier alpha value is -4.44. The number of carbonyl (C=O) groups excluding carboxylic acids is 3. The Labute approximate surface area is 242 Å². The van der Waals surface area contributed by atoms with Gasteiger partial charge in [-0.05, 0) is 44.9 Å². The third-order valence-corrected chi connectivity index (χ3v) is 7.46. The predicted molar refractivity (Wildman–Crippen MR) is 157 cm³/mol. The summed E-state index contributed by atoms with van der Waals surface area (Å²) in [6.45, 7) is 11.8. The zero-order valence-electron chi connectivity index (χ0n) is 23.4. The topological polar surface area (TPSA) is 115 Å². The SMILES string of the molecule is C=CCOC(=O)c1sc(N2C(=O)C(=O)/C(=C(/O)c3ccc(C)cc3)C2c2ccc(OCCC)c(OCC)c2)nc1C. The summed E-state index contributed by atoms with van der Waals surface area (Å²) in [4.78, 5) is 45.6. The molecule has 0 bridgehead atoms. The van der Waals surface area contributed by atoms with E-state index in [-0.39, 0.29) is 27.9 Å². The number of anilines is 1. The number of nitrogens with zero attached hydrogens (tertiary/aromatic N) is 2. The molecule has 3 aromatic rings. The molecule has 1 saturated heterocycles. The molecule has 1 atom stereocenters. The summed E-state index contributed by atoms with van der Waals surface area (Å²) in [5.41, 5.74) is 2.09. The molecule has 0 radical (unpaired) electrons. The van der Waals surface area contributed by atoms with E-state index in [9.17, 15) is 19.5 Å². The first-order valence-electron chi connectivity index (χ1n) is 13.2. The molecular weight excluding hydrogens is 544 g/mol. The fourth-order valence-electron chi connectivity index (χ4n) is 4.38. The number of Topliss-reactive ketones (excluding diaryl/α,β-unsaturated/α-hetero) is 1. The smallest absolute Gasteiger partial charge is 0.350 e. The van der Waals surface area contributed by atoms with Gasteiger partial charge in [0.2, 0.25) is 0 Å². The number of ketones is 1. The van der Waals surface area contributed by atoms with Crippen LogP contribution in [0, 0.1) is 13.8 Å². The Kier molecular flexibility index (Phi) is 9.24. The summed E-state index contributed by atoms with van der Waals surface area (Å²) in [6, 6.07) is 11.1. The minimum atomic E-state index is -1.06. The van der Waals surface area contributed by atoms with E-state index < -0.39 is 23.7 Å². The Morgan fingerprint density at radius 2 is 1.83 bits per heavy atom. The van der Waals surface area contributed by atoms with Crippen LogP contribution >= 0.6 is 11.3 Å². The first-order chi connectivity index (χ1) is 19.7. The van der Waals surface area contributed by atoms with Crippen molar-refractivity contribution < 1.29 is 33.7 Å². The molecule has 41 heavy (non-hydrogen) atoms. The number of amides is 1. The van der Waals surface area contributed by atoms with Crippen molar-refractivity contribution in [1.29, 1.82) is 0 Å². The maximum Gasteiger partial charge on any atom is 0.350 e. The van der Waals surface area contributed by atoms with E-state index in [4.69, 9.17) is 14.2 Å². The van der Waals surface area contributed by atoms with Gasteiger partial charge in [0.15, 0.2) is 16.6 Å². The van der Waals surface area contributed by atoms with Crippen molar-refractivity contribution in [3.63, 3.8) is 0 Å². The standard InChI is InChI=1S/C31H32N2O7S/c1-6-15-39-22-14-13-21(17-23(22)38-8-3)25-24(26(34)20-11-9-18(4)10-12-20)27(35)29(36)33(25)31-32-19(5)28(41-31)30(37)40-16-7-2/h7,9-14,17,25,34H,2,6,8,15-16H2,1,3-5H3/b26-24+. The Balaban J connectivity index is 1.91. The second-order valence-electron chi connectivity index (χ2n) is 9.32. The lowest BCUT2D eigenvalue weighted by molar-refractivity contribution is -0.132. The van der Waals surface area contributed by atoms with Gasteiger partial charge >= 0.3 is 11.9 Å². The number of aliphatic hydroxyl groups excluding tert-OH is 1. The molecule has 1 aliphatic rings. The van der Waals surface area contributed by atoms with Crippen LogP contribution in [-0.4, -0.2) is 47.6 Å². The van der Waals surface area contributed by atoms with Gasteiger partial charge in [0, 0.05) is 5.56 Å². The second-order valence-corrected chi connectivity index (χ2v) is 10.3. The van der Waals surface area contributed by atoms with Gasteiger partial charge in [-0.25, -0.2) is 9.78 Å². The summed E-state index contributed by atoms with van der Waals surface area (Å²) < 4.78 is 16.9. The van der Waals surface area contributed by atoms with E-state index in [0.29, 0.717) is 41.5 Å². The molecule has 0 saturated carbocycles. The van der Waals surface area contributed by atoms with Crippen LogP contribution in [0.4, 0.5) is 5.13 Å². The van der Waals surface area contributed by atoms with Crippen molar-refractivity contribution in [2.45, 2.75) is 40.2 Å². The first-order valence-corrected chi connectivity index (χ1v) is 14.1. The number of hydrogen-bond donors (Lipinski definition) is 1. The van der Waals surface area contributed by atoms with Crippen LogP contribution < -0.4 is 14.4 Å². The van der Waals surface area contributed by atoms with Crippen molar-refractivity contribution in [2.75, 3.05) is 24.7 Å². The summed E-state index contributed by atoms with van der Waals surface area (Å²) in [7, 11) is 0. The van der Waals surface area contributed by atoms with E-state index in [1.807, 2.05) is 20.8 Å². The molecule has 4 rings (SSSR count). The van der Waals surface area contributed by atoms with Crippen LogP contribution in [0.1, 0.15) is 58.4 Å². The van der Waals surface area contributed by atoms with E-state index >= 15 is 0 Å². The average Bonchev–Trinajstić information content (AvgIpc) is 3.47. The van der Waals surface area contributed by atoms with Crippen molar-refractivity contribution in [3.8, 4) is 11.5 Å². The number of hydrogen-bond acceptors (Lipinski definition) is 9. The number of carbonyl (C=O) groups is 3. The van der Waals surface area contributed by atoms with E-state index in [1.54, 1.807) is 49.4 Å². The largest absolute Gasteiger partial charge is 0.507 e. The predicted octanol–water partition coefficient (Wildman–Crippen LogP) is 5.92. The molecule has 1 aromatic heterocycles. The van der Waals surface area contributed by atoms with Gasteiger partial charge in [-0.3, -0.25) is 14.5 Å². The Bertz CT molecular complexity index is 1510. The number of aliphatic hydroxyl groups is 1. The fraction of sp³-hybridized carbons (Fsp3) is 0.290. The molecule has 0 spiro atoms. The lowest BCUT2D eigenvalue weighted by Crippen LogP contribution is -2.29. The summed E-state index contributed by atoms with van der Waals surface area (Å²) >= 11 is 0.933. The van der Waals surface area contributed by atoms with Crippen LogP contribution in [0.25, 0.3) is 5.76 Å². The Morgan fingerprint density at radius 1 is 1.10 bits per heavy atom. The zero-order valence-corrected chi connectivity index (χ0v) is 24.2. The summed E-state index contributed by atoms with van der Waals surface area (Å²) in [5.74, 6) is -1.74. The maximum absolute atomic E-state index is 13.6. The number of benzene rings is 2. The number of ether oxygens (including phenoxy) is 3. The van der Waals surface area contributed by atoms with Crippen molar-refractivity contribution >= 4 is 39.9 Å². The molecular formula is C31H32N2O7S. The van der Waals surface area contributed by atoms with Gasteiger partial charge in [0.05, 0.1) is 30.5 Å². The van der Waals surface area contributed by atoms with Gasteiger partial charge in [0.25, 0.3) is 5.78 Å². The number of rotatable bonds is 11. The minimum absolute atomic E-state index is 0.0131. The Morgan fingerprint density at radius 3 is 2.49 bits per heavy atom. The molecule has 1 unspecified atom stereocenters. The van der Waals surface area contributed by atoms with Crippen molar-refractivity contribution in [1.82, 2.24) is 4.98 Å². The minimum Gasteiger partial charge on any atom is -0.507 e. The molecule has 2 heterocycles. The second kappa shape index (κ2) is 12.8. The van der Waals surface area contributed by atoms with Crippen LogP contribution in [0.15, 0.2) is 60.7 Å². The van der Waals surface area contributed by atoms with Crippen molar-refractivity contribution in [2.24, 2.45) is 0 Å². The van der Waals surface area contributed by atoms with Crippen LogP contribution in [-0.2, 0) is 14.3 Å². The zero-order chi connectivity index (χ0) is 29.7. The fourth-order valence-corrected chi connectivity index (χ4v) is 5.37. The molecule has 1 aliphatic heterocycles. The highest BCUT2D eigenvalue weighted by atomic mass is 32.1. The third-order valence-electron chi connectivity index (χ3n) is 6.32. The quantitative estimate of drug-likeness (QED) is 0.0984. The molecule has 0 aliphatic carbocycles. The normalized spacial score (nSPS) is 16.1. The molecule has 214 valence electrons. The molecule has 1 N–H and O–H groups in total. The van der Waals surface area contributed by atoms with Gasteiger partial charge in [-0.15, -0.1) is 0 Å². The van der Waals surface area contributed by atoms with E-state index in [0.717, 1.165) is 23.3 Å². The van der Waals surface area contributed by atoms with Crippen molar-refractivity contribution in [3.05, 3.63) is 88.0 Å². The van der Waals surface area contributed by atoms with E-state index in [2.05, 4.69) is 11.6 Å². The average molecular weight is 577 g/mol. The van der Waals surface area contributed by atoms with Crippen LogP contribution in [0.5, 0.6) is 11.5 Å². The molecule has 10 heteroatoms. The number of esters is 1. The lowest BCUT2D eigenvalue weighted by Gasteiger charge is -2.24. The highest BCUT2D eigenvalue weighted by Gasteiger charge is 2.48. The van der Waals surface area contributed by atoms with Gasteiger partial charge in [0.1, 0.15) is 17.2 Å². The number of thiazole rings is 1. The van der Waals surface area contributed by atoms with Gasteiger partial charge in [-0.1, -0.05) is 66.8 Å². The number of aryl methyl sites for hydroxylation is 2. The monoisotopic (exact) mass is 576 g/mol. The van der Waals surface area contributed by atoms with Crippen LogP contribution in [0.3, 0.4) is 0 Å². The van der Waals surface area contributed by atoms with Gasteiger partial charge < -0.3 is 19.3 Å². The molecule has 2 aromatic carbocycles. The molecule has 1 amide bonds. The highest BCUT2D eigenvalue weighted by Crippen LogP contribution is 2.45. The van der Waals surface area contributed by atoms with E-state index in [1.165, 1.54) is 11.0 Å². The highest BCUT2D eigenvalue weighted by molar-refractivity contribution is 7.17. The molecule has 1 fully saturated rings. The van der Waals surface area contributed by atoms with Crippen LogP contribution in [0.2, 0.25) is 0 Å². The number of aromatic nitrogens is 1. The summed E-state index contributed by atoms with van der Waals surface area (Å²) in [5, 5.41) is 11.5. The lowest BCUT2D eigenvalue weighted by atomic mass is 9.95.